The van der Waals surface area contributed by atoms with Crippen molar-refractivity contribution in [3.8, 4) is 11.5 Å². The van der Waals surface area contributed by atoms with E-state index < -0.39 is 0 Å². The summed E-state index contributed by atoms with van der Waals surface area (Å²) in [5, 5.41) is 3.19. The molecule has 4 nitrogen and oxygen atoms in total. The summed E-state index contributed by atoms with van der Waals surface area (Å²) in [6.07, 6.45) is 6.97. The normalized spacial score (nSPS) is 14.1. The highest BCUT2D eigenvalue weighted by molar-refractivity contribution is 5.76. The van der Waals surface area contributed by atoms with Gasteiger partial charge in [0.25, 0.3) is 0 Å². The summed E-state index contributed by atoms with van der Waals surface area (Å²) in [6.45, 7) is 2.65. The minimum Gasteiger partial charge on any atom is -0.497 e. The van der Waals surface area contributed by atoms with Crippen LogP contribution < -0.4 is 14.8 Å². The van der Waals surface area contributed by atoms with Gasteiger partial charge in [0.15, 0.2) is 0 Å². The zero-order chi connectivity index (χ0) is 19.8. The van der Waals surface area contributed by atoms with E-state index in [4.69, 9.17) is 9.47 Å². The van der Waals surface area contributed by atoms with Crippen LogP contribution in [-0.4, -0.2) is 19.6 Å². The molecule has 0 heterocycles. The van der Waals surface area contributed by atoms with Crippen LogP contribution in [0.25, 0.3) is 0 Å². The van der Waals surface area contributed by atoms with Gasteiger partial charge in [0.05, 0.1) is 19.8 Å². The lowest BCUT2D eigenvalue weighted by Crippen LogP contribution is -2.28. The van der Waals surface area contributed by atoms with Crippen LogP contribution in [0.5, 0.6) is 11.5 Å². The molecule has 0 saturated heterocycles. The maximum atomic E-state index is 12.4. The Morgan fingerprint density at radius 3 is 2.46 bits per heavy atom. The smallest absolute Gasteiger partial charge is 0.220 e. The van der Waals surface area contributed by atoms with E-state index in [1.54, 1.807) is 7.11 Å². The number of rotatable bonds is 9. The highest BCUT2D eigenvalue weighted by atomic mass is 16.5. The summed E-state index contributed by atoms with van der Waals surface area (Å²) in [4.78, 5) is 12.4. The number of carbonyl (C=O) groups is 1. The van der Waals surface area contributed by atoms with Gasteiger partial charge in [-0.15, -0.1) is 0 Å². The van der Waals surface area contributed by atoms with Crippen molar-refractivity contribution in [2.75, 3.05) is 13.7 Å². The first-order valence-corrected chi connectivity index (χ1v) is 10.4. The number of benzene rings is 2. The lowest BCUT2D eigenvalue weighted by Gasteiger charge is -2.21. The van der Waals surface area contributed by atoms with Crippen LogP contribution >= 0.6 is 0 Å². The Hall–Kier alpha value is -2.49. The van der Waals surface area contributed by atoms with Gasteiger partial charge < -0.3 is 14.8 Å². The molecule has 0 spiro atoms. The Kier molecular flexibility index (Phi) is 7.35. The molecule has 150 valence electrons. The molecule has 1 amide bonds. The van der Waals surface area contributed by atoms with Crippen molar-refractivity contribution in [1.82, 2.24) is 5.32 Å². The fraction of sp³-hybridized carbons (Fsp3) is 0.458. The van der Waals surface area contributed by atoms with Crippen LogP contribution in [0.15, 0.2) is 42.5 Å². The van der Waals surface area contributed by atoms with E-state index in [0.29, 0.717) is 19.4 Å². The first-order chi connectivity index (χ1) is 13.7. The number of hydrogen-bond donors (Lipinski definition) is 1. The Bertz CT molecular complexity index is 770. The van der Waals surface area contributed by atoms with Gasteiger partial charge in [-0.25, -0.2) is 0 Å². The van der Waals surface area contributed by atoms with E-state index in [0.717, 1.165) is 24.3 Å². The highest BCUT2D eigenvalue weighted by Crippen LogP contribution is 2.26. The summed E-state index contributed by atoms with van der Waals surface area (Å²) in [5.74, 6) is 1.68. The molecule has 4 heteroatoms. The van der Waals surface area contributed by atoms with E-state index in [9.17, 15) is 4.79 Å². The van der Waals surface area contributed by atoms with Crippen molar-refractivity contribution < 1.29 is 14.3 Å². The van der Waals surface area contributed by atoms with Gasteiger partial charge in [-0.05, 0) is 79.5 Å². The van der Waals surface area contributed by atoms with Crippen molar-refractivity contribution >= 4 is 5.91 Å². The van der Waals surface area contributed by atoms with Crippen molar-refractivity contribution in [2.24, 2.45) is 0 Å². The third-order valence-electron chi connectivity index (χ3n) is 5.39. The Morgan fingerprint density at radius 2 is 1.75 bits per heavy atom. The molecule has 0 saturated carbocycles. The molecule has 0 fully saturated rings. The number of carbonyl (C=O) groups excluding carboxylic acids is 1. The summed E-state index contributed by atoms with van der Waals surface area (Å²) >= 11 is 0. The van der Waals surface area contributed by atoms with E-state index in [2.05, 4.69) is 30.4 Å². The topological polar surface area (TPSA) is 47.6 Å². The van der Waals surface area contributed by atoms with Crippen molar-refractivity contribution in [3.63, 3.8) is 0 Å². The zero-order valence-corrected chi connectivity index (χ0v) is 17.0. The van der Waals surface area contributed by atoms with Crippen molar-refractivity contribution in [1.29, 1.82) is 0 Å². The second-order valence-electron chi connectivity index (χ2n) is 7.39. The van der Waals surface area contributed by atoms with Crippen molar-refractivity contribution in [3.05, 3.63) is 59.2 Å². The van der Waals surface area contributed by atoms with Gasteiger partial charge in [-0.3, -0.25) is 4.79 Å². The average Bonchev–Trinajstić information content (AvgIpc) is 2.75. The molecule has 0 radical (unpaired) electrons. The monoisotopic (exact) mass is 381 g/mol. The lowest BCUT2D eigenvalue weighted by molar-refractivity contribution is -0.122. The number of aryl methyl sites for hydroxylation is 2. The molecule has 1 aliphatic rings. The van der Waals surface area contributed by atoms with Crippen LogP contribution in [0.2, 0.25) is 0 Å². The standard InChI is InChI=1S/C24H31NO3/c1-3-23(20-11-10-18-7-4-5-8-19(18)17-20)25-24(26)9-6-16-28-22-14-12-21(27-2)13-15-22/h10-15,17,23H,3-9,16H2,1-2H3,(H,25,26). The van der Waals surface area contributed by atoms with Crippen LogP contribution in [-0.2, 0) is 17.6 Å². The quantitative estimate of drug-likeness (QED) is 0.622. The summed E-state index contributed by atoms with van der Waals surface area (Å²) in [7, 11) is 1.64. The summed E-state index contributed by atoms with van der Waals surface area (Å²) in [5.41, 5.74) is 4.17. The van der Waals surface area contributed by atoms with Crippen molar-refractivity contribution in [2.45, 2.75) is 57.9 Å². The molecule has 1 aliphatic carbocycles. The molecule has 1 atom stereocenters. The second-order valence-corrected chi connectivity index (χ2v) is 7.39. The molecule has 0 aliphatic heterocycles. The molecule has 3 rings (SSSR count). The number of methoxy groups -OCH3 is 1. The number of ether oxygens (including phenoxy) is 2. The van der Waals surface area contributed by atoms with Gasteiger partial charge in [0.2, 0.25) is 5.91 Å². The molecule has 0 bridgehead atoms. The van der Waals surface area contributed by atoms with Gasteiger partial charge in [0, 0.05) is 6.42 Å². The maximum Gasteiger partial charge on any atom is 0.220 e. The van der Waals surface area contributed by atoms with Gasteiger partial charge in [-0.2, -0.15) is 0 Å². The van der Waals surface area contributed by atoms with Crippen LogP contribution in [0, 0.1) is 0 Å². The number of amides is 1. The van der Waals surface area contributed by atoms with Crippen LogP contribution in [0.3, 0.4) is 0 Å². The molecule has 1 unspecified atom stereocenters. The first kappa shape index (κ1) is 20.2. The fourth-order valence-corrected chi connectivity index (χ4v) is 3.75. The van der Waals surface area contributed by atoms with E-state index in [-0.39, 0.29) is 11.9 Å². The number of hydrogen-bond acceptors (Lipinski definition) is 3. The lowest BCUT2D eigenvalue weighted by atomic mass is 9.89. The van der Waals surface area contributed by atoms with Crippen LogP contribution in [0.4, 0.5) is 0 Å². The Morgan fingerprint density at radius 1 is 1.04 bits per heavy atom. The third-order valence-corrected chi connectivity index (χ3v) is 5.39. The first-order valence-electron chi connectivity index (χ1n) is 10.4. The predicted molar refractivity (Wildman–Crippen MR) is 112 cm³/mol. The van der Waals surface area contributed by atoms with E-state index in [1.165, 1.54) is 36.0 Å². The molecular weight excluding hydrogens is 350 g/mol. The van der Waals surface area contributed by atoms with Crippen LogP contribution in [0.1, 0.15) is 61.8 Å². The molecular formula is C24H31NO3. The van der Waals surface area contributed by atoms with Gasteiger partial charge in [-0.1, -0.05) is 25.1 Å². The molecule has 0 aromatic heterocycles. The largest absolute Gasteiger partial charge is 0.497 e. The van der Waals surface area contributed by atoms with E-state index >= 15 is 0 Å². The predicted octanol–water partition coefficient (Wildman–Crippen LogP) is 5.00. The number of fused-ring (bicyclic) bond motifs is 1. The minimum atomic E-state index is 0.0854. The highest BCUT2D eigenvalue weighted by Gasteiger charge is 2.16. The minimum absolute atomic E-state index is 0.0854. The van der Waals surface area contributed by atoms with Gasteiger partial charge in [0.1, 0.15) is 11.5 Å². The maximum absolute atomic E-state index is 12.4. The molecule has 1 N–H and O–H groups in total. The summed E-state index contributed by atoms with van der Waals surface area (Å²) in [6, 6.07) is 14.3. The SMILES string of the molecule is CCC(NC(=O)CCCOc1ccc(OC)cc1)c1ccc2c(c1)CCCC2. The molecule has 2 aromatic rings. The van der Waals surface area contributed by atoms with E-state index in [1.807, 2.05) is 24.3 Å². The zero-order valence-electron chi connectivity index (χ0n) is 17.0. The average molecular weight is 382 g/mol. The van der Waals surface area contributed by atoms with Gasteiger partial charge >= 0.3 is 0 Å². The Balaban J connectivity index is 1.44. The molecule has 28 heavy (non-hydrogen) atoms. The third kappa shape index (κ3) is 5.51. The Labute approximate surface area is 168 Å². The number of nitrogens with one attached hydrogen (secondary N) is 1. The molecule has 2 aromatic carbocycles. The fourth-order valence-electron chi connectivity index (χ4n) is 3.75. The second kappa shape index (κ2) is 10.2. The summed E-state index contributed by atoms with van der Waals surface area (Å²) < 4.78 is 10.8.